The molecule has 4 nitrogen and oxygen atoms in total. The fourth-order valence-electron chi connectivity index (χ4n) is 0.908. The Morgan fingerprint density at radius 1 is 1.13 bits per heavy atom. The van der Waals surface area contributed by atoms with Gasteiger partial charge in [-0.05, 0) is 11.6 Å². The van der Waals surface area contributed by atoms with Gasteiger partial charge in [0.15, 0.2) is 0 Å². The first-order valence-electron chi connectivity index (χ1n) is 4.32. The highest BCUT2D eigenvalue weighted by atomic mass is 31.2. The van der Waals surface area contributed by atoms with Crippen LogP contribution in [0.4, 0.5) is 0 Å². The van der Waals surface area contributed by atoms with Crippen molar-refractivity contribution in [1.29, 1.82) is 0 Å². The quantitative estimate of drug-likeness (QED) is 0.573. The summed E-state index contributed by atoms with van der Waals surface area (Å²) in [6, 6.07) is 9.49. The molecule has 0 aliphatic rings. The largest absolute Gasteiger partial charge is 0.528 e. The van der Waals surface area contributed by atoms with E-state index in [1.807, 2.05) is 30.3 Å². The third-order valence-electron chi connectivity index (χ3n) is 1.70. The fourth-order valence-corrected chi connectivity index (χ4v) is 1.44. The lowest BCUT2D eigenvalue weighted by Crippen LogP contribution is -1.88. The van der Waals surface area contributed by atoms with Crippen LogP contribution < -0.4 is 0 Å². The minimum Gasteiger partial charge on any atom is -0.412 e. The van der Waals surface area contributed by atoms with Crippen molar-refractivity contribution in [2.45, 2.75) is 0 Å². The fraction of sp³-hybridized carbons (Fsp3) is 0.200. The number of phosphoric acid groups is 1. The van der Waals surface area contributed by atoms with Gasteiger partial charge in [-0.15, -0.1) is 0 Å². The molecule has 0 aliphatic carbocycles. The molecule has 0 atom stereocenters. The van der Waals surface area contributed by atoms with Crippen molar-refractivity contribution in [1.82, 2.24) is 0 Å². The SMILES string of the molecule is COP(=O)(OC)O/C=C/c1ccccc1. The Hall–Kier alpha value is -1.09. The van der Waals surface area contributed by atoms with Gasteiger partial charge in [0.1, 0.15) is 0 Å². The predicted molar refractivity (Wildman–Crippen MR) is 58.2 cm³/mol. The molecule has 1 aromatic carbocycles. The minimum atomic E-state index is -3.40. The molecule has 0 aliphatic heterocycles. The molecule has 0 aromatic heterocycles. The maximum Gasteiger partial charge on any atom is 0.528 e. The normalized spacial score (nSPS) is 11.9. The first-order valence-corrected chi connectivity index (χ1v) is 5.78. The van der Waals surface area contributed by atoms with Gasteiger partial charge in [-0.2, -0.15) is 0 Å². The zero-order valence-electron chi connectivity index (χ0n) is 8.62. The molecule has 5 heteroatoms. The lowest BCUT2D eigenvalue weighted by atomic mass is 10.2. The molecule has 0 fully saturated rings. The first-order chi connectivity index (χ1) is 7.20. The summed E-state index contributed by atoms with van der Waals surface area (Å²) in [6.45, 7) is 0. The average Bonchev–Trinajstić information content (AvgIpc) is 2.30. The lowest BCUT2D eigenvalue weighted by molar-refractivity contribution is 0.194. The second kappa shape index (κ2) is 5.71. The summed E-state index contributed by atoms with van der Waals surface area (Å²) in [5.74, 6) is 0. The zero-order chi connectivity index (χ0) is 11.1. The van der Waals surface area contributed by atoms with Gasteiger partial charge in [0.05, 0.1) is 6.26 Å². The first kappa shape index (κ1) is 12.0. The molecule has 0 amide bonds. The Balaban J connectivity index is 2.57. The molecule has 82 valence electrons. The maximum atomic E-state index is 11.4. The van der Waals surface area contributed by atoms with Crippen LogP contribution in [0.1, 0.15) is 5.56 Å². The smallest absolute Gasteiger partial charge is 0.412 e. The molecule has 0 N–H and O–H groups in total. The van der Waals surface area contributed by atoms with Gasteiger partial charge in [-0.3, -0.25) is 9.05 Å². The van der Waals surface area contributed by atoms with Crippen LogP contribution in [-0.4, -0.2) is 14.2 Å². The second-order valence-corrected chi connectivity index (χ2v) is 4.47. The summed E-state index contributed by atoms with van der Waals surface area (Å²) in [5.41, 5.74) is 0.941. The van der Waals surface area contributed by atoms with Crippen molar-refractivity contribution < 1.29 is 18.1 Å². The lowest BCUT2D eigenvalue weighted by Gasteiger charge is -2.10. The van der Waals surface area contributed by atoms with Gasteiger partial charge in [0, 0.05) is 14.2 Å². The highest BCUT2D eigenvalue weighted by Gasteiger charge is 2.21. The van der Waals surface area contributed by atoms with Crippen LogP contribution in [-0.2, 0) is 18.1 Å². The van der Waals surface area contributed by atoms with E-state index < -0.39 is 7.82 Å². The summed E-state index contributed by atoms with van der Waals surface area (Å²) in [7, 11) is -0.876. The Kier molecular flexibility index (Phi) is 4.56. The van der Waals surface area contributed by atoms with Crippen LogP contribution in [0, 0.1) is 0 Å². The topological polar surface area (TPSA) is 44.8 Å². The molecule has 0 heterocycles. The summed E-state index contributed by atoms with van der Waals surface area (Å²) in [5, 5.41) is 0. The molecule has 0 saturated heterocycles. The monoisotopic (exact) mass is 228 g/mol. The Labute approximate surface area is 89.1 Å². The molecular weight excluding hydrogens is 215 g/mol. The molecule has 0 spiro atoms. The van der Waals surface area contributed by atoms with Crippen LogP contribution in [0.25, 0.3) is 6.08 Å². The average molecular weight is 228 g/mol. The van der Waals surface area contributed by atoms with E-state index in [4.69, 9.17) is 4.52 Å². The van der Waals surface area contributed by atoms with Crippen molar-refractivity contribution >= 4 is 13.9 Å². The number of hydrogen-bond acceptors (Lipinski definition) is 4. The zero-order valence-corrected chi connectivity index (χ0v) is 9.52. The van der Waals surface area contributed by atoms with E-state index >= 15 is 0 Å². The number of phosphoric ester groups is 1. The van der Waals surface area contributed by atoms with Crippen molar-refractivity contribution in [3.05, 3.63) is 42.2 Å². The summed E-state index contributed by atoms with van der Waals surface area (Å²) in [4.78, 5) is 0. The second-order valence-electron chi connectivity index (χ2n) is 2.63. The van der Waals surface area contributed by atoms with Gasteiger partial charge in [0.25, 0.3) is 0 Å². The van der Waals surface area contributed by atoms with Gasteiger partial charge in [0.2, 0.25) is 0 Å². The van der Waals surface area contributed by atoms with E-state index in [0.717, 1.165) is 5.56 Å². The summed E-state index contributed by atoms with van der Waals surface area (Å²) in [6.07, 6.45) is 2.97. The Morgan fingerprint density at radius 2 is 1.73 bits per heavy atom. The third kappa shape index (κ3) is 3.88. The number of benzene rings is 1. The molecular formula is C10H13O4P. The summed E-state index contributed by atoms with van der Waals surface area (Å²) >= 11 is 0. The van der Waals surface area contributed by atoms with Gasteiger partial charge in [-0.25, -0.2) is 4.57 Å². The van der Waals surface area contributed by atoms with E-state index in [9.17, 15) is 4.57 Å². The van der Waals surface area contributed by atoms with Crippen LogP contribution >= 0.6 is 7.82 Å². The molecule has 15 heavy (non-hydrogen) atoms. The predicted octanol–water partition coefficient (Wildman–Crippen LogP) is 3.07. The van der Waals surface area contributed by atoms with E-state index in [2.05, 4.69) is 9.05 Å². The van der Waals surface area contributed by atoms with Crippen molar-refractivity contribution in [3.63, 3.8) is 0 Å². The highest BCUT2D eigenvalue weighted by Crippen LogP contribution is 2.47. The molecule has 1 aromatic rings. The third-order valence-corrected chi connectivity index (χ3v) is 2.97. The molecule has 0 bridgehead atoms. The minimum absolute atomic E-state index is 0.941. The Morgan fingerprint density at radius 3 is 2.27 bits per heavy atom. The summed E-state index contributed by atoms with van der Waals surface area (Å²) < 4.78 is 25.5. The van der Waals surface area contributed by atoms with E-state index in [1.54, 1.807) is 6.08 Å². The van der Waals surface area contributed by atoms with Crippen LogP contribution in [0.15, 0.2) is 36.6 Å². The number of rotatable bonds is 5. The molecule has 0 saturated carbocycles. The maximum absolute atomic E-state index is 11.4. The van der Waals surface area contributed by atoms with E-state index in [0.29, 0.717) is 0 Å². The highest BCUT2D eigenvalue weighted by molar-refractivity contribution is 7.48. The van der Waals surface area contributed by atoms with Crippen LogP contribution in [0.5, 0.6) is 0 Å². The van der Waals surface area contributed by atoms with E-state index in [1.165, 1.54) is 20.5 Å². The Bertz CT molecular complexity index is 353. The molecule has 1 rings (SSSR count). The van der Waals surface area contributed by atoms with Gasteiger partial charge < -0.3 is 4.52 Å². The van der Waals surface area contributed by atoms with E-state index in [-0.39, 0.29) is 0 Å². The van der Waals surface area contributed by atoms with Crippen molar-refractivity contribution in [2.75, 3.05) is 14.2 Å². The van der Waals surface area contributed by atoms with Crippen LogP contribution in [0.3, 0.4) is 0 Å². The standard InChI is InChI=1S/C10H13O4P/c1-12-15(11,13-2)14-9-8-10-6-4-3-5-7-10/h3-9H,1-2H3/b9-8+. The molecule has 0 radical (unpaired) electrons. The van der Waals surface area contributed by atoms with Crippen molar-refractivity contribution in [2.24, 2.45) is 0 Å². The van der Waals surface area contributed by atoms with Gasteiger partial charge >= 0.3 is 7.82 Å². The van der Waals surface area contributed by atoms with Gasteiger partial charge in [-0.1, -0.05) is 30.3 Å². The number of hydrogen-bond donors (Lipinski definition) is 0. The molecule has 0 unspecified atom stereocenters. The van der Waals surface area contributed by atoms with Crippen molar-refractivity contribution in [3.8, 4) is 0 Å². The van der Waals surface area contributed by atoms with Crippen LogP contribution in [0.2, 0.25) is 0 Å².